The van der Waals surface area contributed by atoms with Crippen molar-refractivity contribution in [3.8, 4) is 0 Å². The van der Waals surface area contributed by atoms with Gasteiger partial charge in [-0.15, -0.1) is 11.3 Å². The van der Waals surface area contributed by atoms with Crippen LogP contribution >= 0.6 is 11.3 Å². The highest BCUT2D eigenvalue weighted by atomic mass is 32.2. The number of thiazole rings is 1. The van der Waals surface area contributed by atoms with Gasteiger partial charge in [-0.05, 0) is 24.3 Å². The van der Waals surface area contributed by atoms with Gasteiger partial charge in [-0.25, -0.2) is 17.8 Å². The van der Waals surface area contributed by atoms with Crippen molar-refractivity contribution in [2.75, 3.05) is 6.54 Å². The molecule has 1 aromatic heterocycles. The van der Waals surface area contributed by atoms with Gasteiger partial charge in [0, 0.05) is 0 Å². The van der Waals surface area contributed by atoms with Crippen LogP contribution in [0.3, 0.4) is 0 Å². The molecule has 2 aromatic carbocycles. The molecular formula is C17H11FN2O4S2. The predicted molar refractivity (Wildman–Crippen MR) is 93.5 cm³/mol. The first-order valence-electron chi connectivity index (χ1n) is 7.58. The molecule has 1 unspecified atom stereocenters. The van der Waals surface area contributed by atoms with E-state index in [4.69, 9.17) is 0 Å². The Hall–Kier alpha value is -2.65. The van der Waals surface area contributed by atoms with E-state index in [0.717, 1.165) is 11.3 Å². The van der Waals surface area contributed by atoms with Crippen molar-refractivity contribution in [2.24, 2.45) is 0 Å². The highest BCUT2D eigenvalue weighted by molar-refractivity contribution is 7.93. The largest absolute Gasteiger partial charge is 0.270 e. The third kappa shape index (κ3) is 2.51. The number of imide groups is 1. The molecular weight excluding hydrogens is 379 g/mol. The first-order chi connectivity index (χ1) is 12.4. The maximum atomic E-state index is 14.6. The molecule has 4 rings (SSSR count). The molecule has 0 spiro atoms. The second kappa shape index (κ2) is 5.96. The minimum atomic E-state index is -4.43. The van der Waals surface area contributed by atoms with Crippen LogP contribution in [0.1, 0.15) is 20.7 Å². The maximum absolute atomic E-state index is 14.6. The number of benzene rings is 2. The van der Waals surface area contributed by atoms with Crippen LogP contribution < -0.4 is 0 Å². The fourth-order valence-corrected chi connectivity index (χ4v) is 5.26. The Labute approximate surface area is 151 Å². The number of fused-ring (bicyclic) bond motifs is 2. The van der Waals surface area contributed by atoms with E-state index in [1.165, 1.54) is 12.1 Å². The van der Waals surface area contributed by atoms with Gasteiger partial charge in [-0.1, -0.05) is 24.3 Å². The Morgan fingerprint density at radius 2 is 1.58 bits per heavy atom. The number of halogens is 1. The zero-order chi connectivity index (χ0) is 18.5. The van der Waals surface area contributed by atoms with Crippen molar-refractivity contribution in [1.29, 1.82) is 0 Å². The van der Waals surface area contributed by atoms with Crippen molar-refractivity contribution in [2.45, 2.75) is 9.84 Å². The SMILES string of the molecule is O=C1c2ccccc2C(=O)N1CC(F)S(=O)(=O)c1nc2ccccc2s1. The summed E-state index contributed by atoms with van der Waals surface area (Å²) in [4.78, 5) is 29.1. The van der Waals surface area contributed by atoms with Crippen molar-refractivity contribution >= 4 is 43.2 Å². The van der Waals surface area contributed by atoms with E-state index in [2.05, 4.69) is 4.98 Å². The summed E-state index contributed by atoms with van der Waals surface area (Å²) in [5.41, 5.74) is -1.72. The molecule has 0 N–H and O–H groups in total. The number of carbonyl (C=O) groups excluding carboxylic acids is 2. The topological polar surface area (TPSA) is 84.4 Å². The fourth-order valence-electron chi connectivity index (χ4n) is 2.73. The van der Waals surface area contributed by atoms with Crippen molar-refractivity contribution in [1.82, 2.24) is 9.88 Å². The van der Waals surface area contributed by atoms with Crippen LogP contribution in [0.4, 0.5) is 4.39 Å². The molecule has 0 bridgehead atoms. The molecule has 132 valence electrons. The molecule has 2 heterocycles. The van der Waals surface area contributed by atoms with Crippen LogP contribution in [0, 0.1) is 0 Å². The van der Waals surface area contributed by atoms with Crippen LogP contribution in [0.25, 0.3) is 10.2 Å². The molecule has 0 aliphatic carbocycles. The Morgan fingerprint density at radius 3 is 2.19 bits per heavy atom. The zero-order valence-electron chi connectivity index (χ0n) is 13.1. The summed E-state index contributed by atoms with van der Waals surface area (Å²) in [6.45, 7) is -0.870. The van der Waals surface area contributed by atoms with E-state index >= 15 is 0 Å². The maximum Gasteiger partial charge on any atom is 0.261 e. The summed E-state index contributed by atoms with van der Waals surface area (Å²) in [5.74, 6) is -1.40. The number of carbonyl (C=O) groups is 2. The standard InChI is InChI=1S/C17H11FN2O4S2/c18-14(9-20-15(21)10-5-1-2-6-11(10)16(20)22)26(23,24)17-19-12-7-3-4-8-13(12)25-17/h1-8,14H,9H2. The third-order valence-electron chi connectivity index (χ3n) is 4.06. The molecule has 1 aliphatic heterocycles. The number of alkyl halides is 1. The summed E-state index contributed by atoms with van der Waals surface area (Å²) in [6.07, 6.45) is 0. The van der Waals surface area contributed by atoms with Gasteiger partial charge >= 0.3 is 0 Å². The smallest absolute Gasteiger partial charge is 0.261 e. The van der Waals surface area contributed by atoms with Crippen LogP contribution in [-0.4, -0.2) is 42.2 Å². The number of para-hydroxylation sites is 1. The predicted octanol–water partition coefficient (Wildman–Crippen LogP) is 2.66. The lowest BCUT2D eigenvalue weighted by Crippen LogP contribution is -2.38. The molecule has 1 aliphatic rings. The van der Waals surface area contributed by atoms with Crippen LogP contribution in [-0.2, 0) is 9.84 Å². The first kappa shape index (κ1) is 16.8. The first-order valence-corrected chi connectivity index (χ1v) is 9.94. The second-order valence-corrected chi connectivity index (χ2v) is 8.95. The van der Waals surface area contributed by atoms with E-state index in [0.29, 0.717) is 15.1 Å². The molecule has 6 nitrogen and oxygen atoms in total. The molecule has 0 saturated heterocycles. The summed E-state index contributed by atoms with van der Waals surface area (Å²) in [7, 11) is -4.43. The number of sulfone groups is 1. The lowest BCUT2D eigenvalue weighted by molar-refractivity contribution is 0.0635. The Bertz CT molecular complexity index is 1090. The minimum absolute atomic E-state index is 0.141. The molecule has 26 heavy (non-hydrogen) atoms. The number of hydrogen-bond acceptors (Lipinski definition) is 6. The van der Waals surface area contributed by atoms with E-state index in [9.17, 15) is 22.4 Å². The number of amides is 2. The number of nitrogens with zero attached hydrogens (tertiary/aromatic N) is 2. The van der Waals surface area contributed by atoms with Gasteiger partial charge in [0.15, 0.2) is 0 Å². The Morgan fingerprint density at radius 1 is 1.00 bits per heavy atom. The van der Waals surface area contributed by atoms with Crippen molar-refractivity contribution in [3.63, 3.8) is 0 Å². The quantitative estimate of drug-likeness (QED) is 0.640. The van der Waals surface area contributed by atoms with Gasteiger partial charge in [0.25, 0.3) is 11.8 Å². The average Bonchev–Trinajstić information content (AvgIpc) is 3.18. The van der Waals surface area contributed by atoms with Crippen LogP contribution in [0.15, 0.2) is 52.9 Å². The molecule has 0 saturated carbocycles. The van der Waals surface area contributed by atoms with Gasteiger partial charge in [0.1, 0.15) is 0 Å². The minimum Gasteiger partial charge on any atom is -0.270 e. The Kier molecular flexibility index (Phi) is 3.85. The van der Waals surface area contributed by atoms with Crippen LogP contribution in [0.5, 0.6) is 0 Å². The summed E-state index contributed by atoms with van der Waals surface area (Å²) >= 11 is 0.852. The Balaban J connectivity index is 1.63. The van der Waals surface area contributed by atoms with Crippen molar-refractivity contribution in [3.05, 3.63) is 59.7 Å². The van der Waals surface area contributed by atoms with Crippen LogP contribution in [0.2, 0.25) is 0 Å². The van der Waals surface area contributed by atoms with Gasteiger partial charge in [0.05, 0.1) is 27.9 Å². The lowest BCUT2D eigenvalue weighted by Gasteiger charge is -2.16. The van der Waals surface area contributed by atoms with E-state index in [1.54, 1.807) is 36.4 Å². The molecule has 0 radical (unpaired) electrons. The van der Waals surface area contributed by atoms with Gasteiger partial charge in [-0.2, -0.15) is 0 Å². The van der Waals surface area contributed by atoms with E-state index in [1.807, 2.05) is 0 Å². The lowest BCUT2D eigenvalue weighted by atomic mass is 10.1. The second-order valence-electron chi connectivity index (χ2n) is 5.67. The molecule has 3 aromatic rings. The third-order valence-corrected chi connectivity index (χ3v) is 7.24. The fraction of sp³-hybridized carbons (Fsp3) is 0.118. The number of rotatable bonds is 4. The summed E-state index contributed by atoms with van der Waals surface area (Å²) in [5, 5.41) is 0. The monoisotopic (exact) mass is 390 g/mol. The number of hydrogen-bond donors (Lipinski definition) is 0. The normalized spacial score (nSPS) is 15.5. The molecule has 9 heteroatoms. The van der Waals surface area contributed by atoms with E-state index in [-0.39, 0.29) is 15.5 Å². The van der Waals surface area contributed by atoms with Crippen molar-refractivity contribution < 1.29 is 22.4 Å². The highest BCUT2D eigenvalue weighted by Gasteiger charge is 2.40. The van der Waals surface area contributed by atoms with Gasteiger partial charge in [-0.3, -0.25) is 14.5 Å². The molecule has 0 fully saturated rings. The number of aromatic nitrogens is 1. The summed E-state index contributed by atoms with van der Waals surface area (Å²) < 4.78 is 39.9. The highest BCUT2D eigenvalue weighted by Crippen LogP contribution is 2.30. The van der Waals surface area contributed by atoms with Gasteiger partial charge < -0.3 is 0 Å². The molecule has 1 atom stereocenters. The van der Waals surface area contributed by atoms with E-state index < -0.39 is 33.7 Å². The summed E-state index contributed by atoms with van der Waals surface area (Å²) in [6, 6.07) is 12.8. The zero-order valence-corrected chi connectivity index (χ0v) is 14.8. The molecule has 2 amide bonds. The average molecular weight is 390 g/mol. The van der Waals surface area contributed by atoms with Gasteiger partial charge in [0.2, 0.25) is 19.7 Å².